The minimum absolute atomic E-state index is 0.140. The average molecular weight is 160 g/mol. The molecule has 1 aliphatic rings. The molecule has 0 saturated heterocycles. The van der Waals surface area contributed by atoms with Crippen LogP contribution in [-0.4, -0.2) is 33.6 Å². The molecule has 0 aromatic rings. The standard InChI is InChI=1S/C8H16O3/c1-5(9)7-4-6(10)2-3-8(7)11/h5-11H,2-4H2,1H3/t5?,6?,7-,8?/m1/s1. The van der Waals surface area contributed by atoms with Crippen LogP contribution in [0.5, 0.6) is 0 Å². The lowest BCUT2D eigenvalue weighted by Gasteiger charge is -2.32. The molecule has 3 nitrogen and oxygen atoms in total. The highest BCUT2D eigenvalue weighted by Gasteiger charge is 2.30. The first kappa shape index (κ1) is 8.97. The van der Waals surface area contributed by atoms with E-state index in [4.69, 9.17) is 0 Å². The monoisotopic (exact) mass is 160 g/mol. The van der Waals surface area contributed by atoms with Crippen molar-refractivity contribution in [3.05, 3.63) is 0 Å². The van der Waals surface area contributed by atoms with E-state index in [-0.39, 0.29) is 12.0 Å². The second-order valence-corrected chi connectivity index (χ2v) is 3.44. The Morgan fingerprint density at radius 1 is 1.27 bits per heavy atom. The van der Waals surface area contributed by atoms with E-state index in [1.54, 1.807) is 6.92 Å². The van der Waals surface area contributed by atoms with E-state index < -0.39 is 12.2 Å². The Morgan fingerprint density at radius 2 is 1.91 bits per heavy atom. The summed E-state index contributed by atoms with van der Waals surface area (Å²) < 4.78 is 0. The SMILES string of the molecule is CC(O)[C@H]1CC(O)CCC1O. The Hall–Kier alpha value is -0.120. The predicted octanol–water partition coefficient (Wildman–Crippen LogP) is -0.111. The van der Waals surface area contributed by atoms with E-state index in [0.717, 1.165) is 0 Å². The van der Waals surface area contributed by atoms with E-state index >= 15 is 0 Å². The zero-order chi connectivity index (χ0) is 8.43. The molecule has 1 aliphatic carbocycles. The van der Waals surface area contributed by atoms with Crippen molar-refractivity contribution in [1.29, 1.82) is 0 Å². The van der Waals surface area contributed by atoms with Crippen LogP contribution < -0.4 is 0 Å². The highest BCUT2D eigenvalue weighted by Crippen LogP contribution is 2.27. The first-order chi connectivity index (χ1) is 5.11. The van der Waals surface area contributed by atoms with Crippen molar-refractivity contribution in [3.63, 3.8) is 0 Å². The van der Waals surface area contributed by atoms with Crippen molar-refractivity contribution in [3.8, 4) is 0 Å². The van der Waals surface area contributed by atoms with Crippen molar-refractivity contribution in [2.24, 2.45) is 5.92 Å². The summed E-state index contributed by atoms with van der Waals surface area (Å²) in [6.45, 7) is 1.66. The average Bonchev–Trinajstić information content (AvgIpc) is 1.94. The second kappa shape index (κ2) is 3.52. The normalized spacial score (nSPS) is 42.0. The molecular weight excluding hydrogens is 144 g/mol. The summed E-state index contributed by atoms with van der Waals surface area (Å²) in [5, 5.41) is 27.8. The van der Waals surface area contributed by atoms with Gasteiger partial charge in [0.15, 0.2) is 0 Å². The Labute approximate surface area is 66.7 Å². The summed E-state index contributed by atoms with van der Waals surface area (Å²) in [4.78, 5) is 0. The number of hydrogen-bond acceptors (Lipinski definition) is 3. The lowest BCUT2D eigenvalue weighted by Crippen LogP contribution is -2.37. The molecule has 0 spiro atoms. The van der Waals surface area contributed by atoms with Gasteiger partial charge >= 0.3 is 0 Å². The lowest BCUT2D eigenvalue weighted by atomic mass is 9.82. The van der Waals surface area contributed by atoms with Gasteiger partial charge in [0.1, 0.15) is 0 Å². The van der Waals surface area contributed by atoms with E-state index in [1.807, 2.05) is 0 Å². The van der Waals surface area contributed by atoms with Gasteiger partial charge in [-0.1, -0.05) is 0 Å². The Bertz CT molecular complexity index is 125. The zero-order valence-electron chi connectivity index (χ0n) is 6.77. The molecule has 0 amide bonds. The minimum Gasteiger partial charge on any atom is -0.393 e. The first-order valence-electron chi connectivity index (χ1n) is 4.15. The van der Waals surface area contributed by atoms with Crippen molar-refractivity contribution >= 4 is 0 Å². The molecule has 66 valence electrons. The molecule has 0 radical (unpaired) electrons. The van der Waals surface area contributed by atoms with Gasteiger partial charge < -0.3 is 15.3 Å². The molecule has 0 heterocycles. The van der Waals surface area contributed by atoms with Crippen molar-refractivity contribution in [1.82, 2.24) is 0 Å². The number of hydrogen-bond donors (Lipinski definition) is 3. The number of aliphatic hydroxyl groups is 3. The molecule has 1 rings (SSSR count). The molecule has 0 aromatic carbocycles. The summed E-state index contributed by atoms with van der Waals surface area (Å²) in [6, 6.07) is 0. The van der Waals surface area contributed by atoms with Gasteiger partial charge in [0.25, 0.3) is 0 Å². The van der Waals surface area contributed by atoms with Crippen LogP contribution in [0.2, 0.25) is 0 Å². The van der Waals surface area contributed by atoms with Gasteiger partial charge in [-0.2, -0.15) is 0 Å². The zero-order valence-corrected chi connectivity index (χ0v) is 6.77. The number of aliphatic hydroxyl groups excluding tert-OH is 3. The van der Waals surface area contributed by atoms with Gasteiger partial charge in [-0.25, -0.2) is 0 Å². The maximum absolute atomic E-state index is 9.39. The minimum atomic E-state index is -0.514. The molecule has 3 unspecified atom stereocenters. The molecule has 1 fully saturated rings. The third-order valence-electron chi connectivity index (χ3n) is 2.45. The highest BCUT2D eigenvalue weighted by molar-refractivity contribution is 4.82. The molecular formula is C8H16O3. The van der Waals surface area contributed by atoms with E-state index in [0.29, 0.717) is 19.3 Å². The van der Waals surface area contributed by atoms with Crippen molar-refractivity contribution in [2.45, 2.75) is 44.5 Å². The van der Waals surface area contributed by atoms with Gasteiger partial charge in [0.2, 0.25) is 0 Å². The fourth-order valence-corrected chi connectivity index (χ4v) is 1.68. The molecule has 0 aromatic heterocycles. The van der Waals surface area contributed by atoms with Crippen LogP contribution in [0.3, 0.4) is 0 Å². The van der Waals surface area contributed by atoms with Gasteiger partial charge in [-0.15, -0.1) is 0 Å². The smallest absolute Gasteiger partial charge is 0.0594 e. The third-order valence-corrected chi connectivity index (χ3v) is 2.45. The van der Waals surface area contributed by atoms with Gasteiger partial charge in [0.05, 0.1) is 18.3 Å². The second-order valence-electron chi connectivity index (χ2n) is 3.44. The molecule has 3 N–H and O–H groups in total. The lowest BCUT2D eigenvalue weighted by molar-refractivity contribution is -0.0432. The molecule has 0 bridgehead atoms. The quantitative estimate of drug-likeness (QED) is 0.501. The maximum Gasteiger partial charge on any atom is 0.0594 e. The van der Waals surface area contributed by atoms with Crippen LogP contribution >= 0.6 is 0 Å². The maximum atomic E-state index is 9.39. The van der Waals surface area contributed by atoms with Gasteiger partial charge in [-0.3, -0.25) is 0 Å². The third kappa shape index (κ3) is 2.15. The Morgan fingerprint density at radius 3 is 2.36 bits per heavy atom. The van der Waals surface area contributed by atoms with Crippen LogP contribution in [0.15, 0.2) is 0 Å². The van der Waals surface area contributed by atoms with Crippen LogP contribution in [-0.2, 0) is 0 Å². The summed E-state index contributed by atoms with van der Waals surface area (Å²) >= 11 is 0. The summed E-state index contributed by atoms with van der Waals surface area (Å²) in [7, 11) is 0. The Kier molecular flexibility index (Phi) is 2.87. The summed E-state index contributed by atoms with van der Waals surface area (Å²) in [5.41, 5.74) is 0. The van der Waals surface area contributed by atoms with Crippen LogP contribution in [0, 0.1) is 5.92 Å². The molecule has 1 saturated carbocycles. The summed E-state index contributed by atoms with van der Waals surface area (Å²) in [5.74, 6) is -0.140. The van der Waals surface area contributed by atoms with E-state index in [1.165, 1.54) is 0 Å². The van der Waals surface area contributed by atoms with Crippen LogP contribution in [0.4, 0.5) is 0 Å². The molecule has 4 atom stereocenters. The Balaban J connectivity index is 2.47. The topological polar surface area (TPSA) is 60.7 Å². The van der Waals surface area contributed by atoms with E-state index in [2.05, 4.69) is 0 Å². The summed E-state index contributed by atoms with van der Waals surface area (Å²) in [6.07, 6.45) is 0.510. The first-order valence-corrected chi connectivity index (χ1v) is 4.15. The van der Waals surface area contributed by atoms with Crippen molar-refractivity contribution < 1.29 is 15.3 Å². The fraction of sp³-hybridized carbons (Fsp3) is 1.00. The van der Waals surface area contributed by atoms with Gasteiger partial charge in [0, 0.05) is 5.92 Å². The molecule has 11 heavy (non-hydrogen) atoms. The molecule has 3 heteroatoms. The highest BCUT2D eigenvalue weighted by atomic mass is 16.3. The van der Waals surface area contributed by atoms with E-state index in [9.17, 15) is 15.3 Å². The fourth-order valence-electron chi connectivity index (χ4n) is 1.68. The number of rotatable bonds is 1. The van der Waals surface area contributed by atoms with Gasteiger partial charge in [-0.05, 0) is 26.2 Å². The predicted molar refractivity (Wildman–Crippen MR) is 41.0 cm³/mol. The van der Waals surface area contributed by atoms with Crippen LogP contribution in [0.1, 0.15) is 26.2 Å². The van der Waals surface area contributed by atoms with Crippen molar-refractivity contribution in [2.75, 3.05) is 0 Å². The van der Waals surface area contributed by atoms with Crippen LogP contribution in [0.25, 0.3) is 0 Å². The molecule has 0 aliphatic heterocycles. The largest absolute Gasteiger partial charge is 0.393 e.